The fourth-order valence-corrected chi connectivity index (χ4v) is 3.22. The molecule has 0 spiro atoms. The van der Waals surface area contributed by atoms with Gasteiger partial charge in [0, 0.05) is 25.2 Å². The molecular formula is C22H22N4O5. The molecule has 3 N–H and O–H groups in total. The van der Waals surface area contributed by atoms with E-state index in [-0.39, 0.29) is 18.4 Å². The highest BCUT2D eigenvalue weighted by molar-refractivity contribution is 6.10. The summed E-state index contributed by atoms with van der Waals surface area (Å²) < 4.78 is 5.18. The van der Waals surface area contributed by atoms with Gasteiger partial charge in [-0.15, -0.1) is 0 Å². The average Bonchev–Trinajstić information content (AvgIpc) is 3.18. The molecule has 1 fully saturated rings. The maximum atomic E-state index is 12.9. The smallest absolute Gasteiger partial charge is 0.323 e. The van der Waals surface area contributed by atoms with E-state index >= 15 is 0 Å². The standard InChI is InChI=1S/C22H22N4O5/c1-14(5-4-10-23-15(2)27)8-9-22(20(29)24-21(30)25-22)13-26-12-16-6-7-17(31-3)11-18(16)19(26)28/h4-7,10-11H,12-13H2,1-3H3,(H,23,27)(H2,24,25,29,30)/b10-4-,14-5+/t22-/m1/s1. The van der Waals surface area contributed by atoms with Crippen molar-refractivity contribution in [1.29, 1.82) is 0 Å². The summed E-state index contributed by atoms with van der Waals surface area (Å²) in [5, 5.41) is 7.25. The summed E-state index contributed by atoms with van der Waals surface area (Å²) in [6.07, 6.45) is 4.70. The maximum absolute atomic E-state index is 12.9. The van der Waals surface area contributed by atoms with E-state index in [1.54, 1.807) is 37.3 Å². The van der Waals surface area contributed by atoms with E-state index in [9.17, 15) is 19.2 Å². The molecule has 1 aromatic rings. The fourth-order valence-electron chi connectivity index (χ4n) is 3.22. The number of hydrogen-bond donors (Lipinski definition) is 3. The zero-order valence-electron chi connectivity index (χ0n) is 17.4. The van der Waals surface area contributed by atoms with Crippen molar-refractivity contribution >= 4 is 23.8 Å². The Hall–Kier alpha value is -4.06. The summed E-state index contributed by atoms with van der Waals surface area (Å²) in [7, 11) is 1.52. The quantitative estimate of drug-likeness (QED) is 0.369. The van der Waals surface area contributed by atoms with Crippen molar-refractivity contribution in [1.82, 2.24) is 20.9 Å². The van der Waals surface area contributed by atoms with E-state index in [0.717, 1.165) is 5.56 Å². The number of allylic oxidation sites excluding steroid dienone is 3. The number of nitrogens with one attached hydrogen (secondary N) is 3. The lowest BCUT2D eigenvalue weighted by molar-refractivity contribution is -0.122. The lowest BCUT2D eigenvalue weighted by Gasteiger charge is -2.26. The highest BCUT2D eigenvalue weighted by Gasteiger charge is 2.48. The lowest BCUT2D eigenvalue weighted by atomic mass is 9.99. The summed E-state index contributed by atoms with van der Waals surface area (Å²) in [4.78, 5) is 49.7. The zero-order chi connectivity index (χ0) is 22.6. The molecule has 5 amide bonds. The Balaban J connectivity index is 1.83. The molecule has 9 heteroatoms. The topological polar surface area (TPSA) is 117 Å². The molecule has 0 saturated carbocycles. The van der Waals surface area contributed by atoms with Gasteiger partial charge >= 0.3 is 6.03 Å². The van der Waals surface area contributed by atoms with E-state index in [2.05, 4.69) is 27.8 Å². The van der Waals surface area contributed by atoms with Crippen molar-refractivity contribution in [3.05, 3.63) is 53.3 Å². The first-order valence-corrected chi connectivity index (χ1v) is 9.47. The van der Waals surface area contributed by atoms with Crippen LogP contribution < -0.4 is 20.7 Å². The monoisotopic (exact) mass is 422 g/mol. The van der Waals surface area contributed by atoms with Gasteiger partial charge in [-0.2, -0.15) is 0 Å². The summed E-state index contributed by atoms with van der Waals surface area (Å²) in [6.45, 7) is 3.29. The second kappa shape index (κ2) is 8.75. The highest BCUT2D eigenvalue weighted by Crippen LogP contribution is 2.28. The fraction of sp³-hybridized carbons (Fsp3) is 0.273. The van der Waals surface area contributed by atoms with Crippen LogP contribution in [0.4, 0.5) is 4.79 Å². The second-order valence-electron chi connectivity index (χ2n) is 7.16. The number of fused-ring (bicyclic) bond motifs is 1. The molecule has 31 heavy (non-hydrogen) atoms. The Morgan fingerprint density at radius 3 is 2.74 bits per heavy atom. The predicted octanol–water partition coefficient (Wildman–Crippen LogP) is 0.829. The van der Waals surface area contributed by atoms with E-state index in [4.69, 9.17) is 4.74 Å². The molecule has 1 atom stereocenters. The van der Waals surface area contributed by atoms with Crippen LogP contribution in [0.15, 0.2) is 42.1 Å². The molecule has 0 aliphatic carbocycles. The number of carbonyl (C=O) groups is 4. The predicted molar refractivity (Wildman–Crippen MR) is 112 cm³/mol. The van der Waals surface area contributed by atoms with Crippen LogP contribution in [-0.4, -0.2) is 47.8 Å². The largest absolute Gasteiger partial charge is 0.497 e. The second-order valence-corrected chi connectivity index (χ2v) is 7.16. The van der Waals surface area contributed by atoms with E-state index < -0.39 is 17.5 Å². The number of carbonyl (C=O) groups excluding carboxylic acids is 4. The molecule has 1 aromatic carbocycles. The molecule has 2 aliphatic rings. The van der Waals surface area contributed by atoms with Gasteiger partial charge in [0.1, 0.15) is 5.75 Å². The van der Waals surface area contributed by atoms with Gasteiger partial charge in [-0.25, -0.2) is 4.79 Å². The van der Waals surface area contributed by atoms with Crippen molar-refractivity contribution in [3.63, 3.8) is 0 Å². The van der Waals surface area contributed by atoms with Crippen LogP contribution in [0.3, 0.4) is 0 Å². The van der Waals surface area contributed by atoms with Gasteiger partial charge in [0.25, 0.3) is 11.8 Å². The van der Waals surface area contributed by atoms with Gasteiger partial charge in [0.05, 0.1) is 13.7 Å². The van der Waals surface area contributed by atoms with E-state index in [1.807, 2.05) is 0 Å². The molecule has 160 valence electrons. The van der Waals surface area contributed by atoms with Gasteiger partial charge in [-0.05, 0) is 42.3 Å². The van der Waals surface area contributed by atoms with Crippen molar-refractivity contribution in [3.8, 4) is 17.6 Å². The first kappa shape index (κ1) is 21.6. The van der Waals surface area contributed by atoms with Crippen molar-refractivity contribution in [2.45, 2.75) is 25.9 Å². The lowest BCUT2D eigenvalue weighted by Crippen LogP contribution is -2.54. The van der Waals surface area contributed by atoms with Gasteiger partial charge < -0.3 is 20.3 Å². The molecule has 2 heterocycles. The number of imide groups is 1. The van der Waals surface area contributed by atoms with Crippen LogP contribution in [0, 0.1) is 11.8 Å². The number of hydrogen-bond acceptors (Lipinski definition) is 5. The summed E-state index contributed by atoms with van der Waals surface area (Å²) >= 11 is 0. The minimum absolute atomic E-state index is 0.109. The molecule has 3 rings (SSSR count). The molecular weight excluding hydrogens is 400 g/mol. The van der Waals surface area contributed by atoms with Crippen molar-refractivity contribution in [2.24, 2.45) is 0 Å². The number of benzene rings is 1. The number of ether oxygens (including phenoxy) is 1. The molecule has 1 saturated heterocycles. The third-order valence-electron chi connectivity index (χ3n) is 4.77. The van der Waals surface area contributed by atoms with Crippen LogP contribution in [0.5, 0.6) is 5.75 Å². The molecule has 0 unspecified atom stereocenters. The number of methoxy groups -OCH3 is 1. The first-order valence-electron chi connectivity index (χ1n) is 9.47. The maximum Gasteiger partial charge on any atom is 0.323 e. The third-order valence-corrected chi connectivity index (χ3v) is 4.77. The van der Waals surface area contributed by atoms with E-state index in [1.165, 1.54) is 25.1 Å². The van der Waals surface area contributed by atoms with Gasteiger partial charge in [-0.1, -0.05) is 17.9 Å². The van der Waals surface area contributed by atoms with Crippen LogP contribution in [0.2, 0.25) is 0 Å². The molecule has 2 aliphatic heterocycles. The van der Waals surface area contributed by atoms with Gasteiger partial charge in [-0.3, -0.25) is 19.7 Å². The first-order chi connectivity index (χ1) is 14.7. The molecule has 9 nitrogen and oxygen atoms in total. The third kappa shape index (κ3) is 4.75. The molecule has 0 radical (unpaired) electrons. The van der Waals surface area contributed by atoms with Crippen LogP contribution in [0.25, 0.3) is 0 Å². The number of nitrogens with zero attached hydrogens (tertiary/aromatic N) is 1. The Morgan fingerprint density at radius 1 is 1.32 bits per heavy atom. The van der Waals surface area contributed by atoms with Gasteiger partial charge in [0.2, 0.25) is 11.4 Å². The Labute approximate surface area is 179 Å². The highest BCUT2D eigenvalue weighted by atomic mass is 16.5. The number of urea groups is 1. The number of amides is 5. The number of rotatable bonds is 5. The summed E-state index contributed by atoms with van der Waals surface area (Å²) in [6, 6.07) is 4.54. The van der Waals surface area contributed by atoms with Gasteiger partial charge in [0.15, 0.2) is 0 Å². The summed E-state index contributed by atoms with van der Waals surface area (Å²) in [5.74, 6) is 5.14. The SMILES string of the molecule is COc1ccc2c(c1)C(=O)N(C[C@@]1(C#C/C(C)=C/C=C\NC(C)=O)NC(=O)NC1=O)C2. The minimum atomic E-state index is -1.57. The Bertz CT molecular complexity index is 1080. The summed E-state index contributed by atoms with van der Waals surface area (Å²) in [5.41, 5.74) is 0.315. The van der Waals surface area contributed by atoms with E-state index in [0.29, 0.717) is 23.4 Å². The average molecular weight is 422 g/mol. The Morgan fingerprint density at radius 2 is 2.10 bits per heavy atom. The molecule has 0 aromatic heterocycles. The normalized spacial score (nSPS) is 20.2. The van der Waals surface area contributed by atoms with Crippen LogP contribution in [-0.2, 0) is 16.1 Å². The van der Waals surface area contributed by atoms with Crippen LogP contribution >= 0.6 is 0 Å². The van der Waals surface area contributed by atoms with Crippen LogP contribution in [0.1, 0.15) is 29.8 Å². The van der Waals surface area contributed by atoms with Crippen molar-refractivity contribution < 1.29 is 23.9 Å². The Kier molecular flexibility index (Phi) is 6.11. The zero-order valence-corrected chi connectivity index (χ0v) is 17.4. The molecule has 0 bridgehead atoms. The van der Waals surface area contributed by atoms with Crippen molar-refractivity contribution in [2.75, 3.05) is 13.7 Å². The minimum Gasteiger partial charge on any atom is -0.497 e.